The molecule has 9 heteroatoms. The highest BCUT2D eigenvalue weighted by atomic mass is 35.5. The fourth-order valence-electron chi connectivity index (χ4n) is 3.69. The molecule has 0 radical (unpaired) electrons. The van der Waals surface area contributed by atoms with Gasteiger partial charge >= 0.3 is 6.09 Å². The van der Waals surface area contributed by atoms with Gasteiger partial charge in [0.05, 0.1) is 5.02 Å². The van der Waals surface area contributed by atoms with Gasteiger partial charge in [0.15, 0.2) is 5.82 Å². The van der Waals surface area contributed by atoms with Crippen LogP contribution in [0.1, 0.15) is 12.8 Å². The Morgan fingerprint density at radius 1 is 1.21 bits per heavy atom. The van der Waals surface area contributed by atoms with Crippen molar-refractivity contribution in [2.75, 3.05) is 18.0 Å². The van der Waals surface area contributed by atoms with Crippen LogP contribution in [0.3, 0.4) is 0 Å². The Morgan fingerprint density at radius 2 is 1.93 bits per heavy atom. The number of carboxylic acid groups (broad SMARTS) is 1. The van der Waals surface area contributed by atoms with Crippen molar-refractivity contribution in [3.63, 3.8) is 0 Å². The highest BCUT2D eigenvalue weighted by molar-refractivity contribution is 6.34. The van der Waals surface area contributed by atoms with Crippen LogP contribution in [-0.4, -0.2) is 40.3 Å². The Balaban J connectivity index is 1.74. The van der Waals surface area contributed by atoms with E-state index < -0.39 is 17.7 Å². The number of nitrogens with one attached hydrogen (secondary N) is 1. The van der Waals surface area contributed by atoms with Gasteiger partial charge in [0.25, 0.3) is 0 Å². The van der Waals surface area contributed by atoms with Crippen molar-refractivity contribution >= 4 is 34.4 Å². The molecule has 0 saturated carbocycles. The van der Waals surface area contributed by atoms with E-state index in [1.807, 2.05) is 4.90 Å². The van der Waals surface area contributed by atoms with Gasteiger partial charge in [0, 0.05) is 35.6 Å². The van der Waals surface area contributed by atoms with Crippen LogP contribution >= 0.6 is 11.6 Å². The second-order valence-electron chi connectivity index (χ2n) is 6.83. The molecule has 4 rings (SSSR count). The number of rotatable bonds is 3. The van der Waals surface area contributed by atoms with E-state index in [9.17, 15) is 9.18 Å². The van der Waals surface area contributed by atoms with Crippen LogP contribution in [-0.2, 0) is 0 Å². The first-order valence-corrected chi connectivity index (χ1v) is 9.45. The second-order valence-corrected chi connectivity index (χ2v) is 7.24. The summed E-state index contributed by atoms with van der Waals surface area (Å²) >= 11 is 6.35. The van der Waals surface area contributed by atoms with Crippen LogP contribution in [0.25, 0.3) is 22.0 Å². The fourth-order valence-corrected chi connectivity index (χ4v) is 3.98. The Morgan fingerprint density at radius 3 is 2.62 bits per heavy atom. The summed E-state index contributed by atoms with van der Waals surface area (Å²) in [5, 5.41) is 11.8. The van der Waals surface area contributed by atoms with Crippen LogP contribution in [0.15, 0.2) is 36.7 Å². The number of benzene rings is 2. The molecule has 1 aliphatic heterocycles. The molecule has 1 amide bonds. The topological polar surface area (TPSA) is 78.4 Å². The minimum absolute atomic E-state index is 0.0358. The van der Waals surface area contributed by atoms with Gasteiger partial charge in [-0.1, -0.05) is 29.8 Å². The summed E-state index contributed by atoms with van der Waals surface area (Å²) in [5.74, 6) is -0.761. The number of anilines is 1. The minimum Gasteiger partial charge on any atom is -0.465 e. The highest BCUT2D eigenvalue weighted by Gasteiger charge is 2.25. The van der Waals surface area contributed by atoms with Gasteiger partial charge in [-0.25, -0.2) is 23.5 Å². The van der Waals surface area contributed by atoms with E-state index in [4.69, 9.17) is 16.7 Å². The summed E-state index contributed by atoms with van der Waals surface area (Å²) in [6.45, 7) is 1.09. The molecule has 1 aromatic heterocycles. The minimum atomic E-state index is -1.05. The Bertz CT molecular complexity index is 1090. The summed E-state index contributed by atoms with van der Waals surface area (Å²) in [4.78, 5) is 21.1. The van der Waals surface area contributed by atoms with E-state index in [1.165, 1.54) is 24.5 Å². The van der Waals surface area contributed by atoms with Crippen molar-refractivity contribution in [3.05, 3.63) is 53.3 Å². The number of hydrogen-bond donors (Lipinski definition) is 2. The smallest absolute Gasteiger partial charge is 0.404 e. The molecule has 3 aromatic rings. The summed E-state index contributed by atoms with van der Waals surface area (Å²) < 4.78 is 29.5. The van der Waals surface area contributed by atoms with Gasteiger partial charge in [-0.15, -0.1) is 0 Å². The molecule has 1 fully saturated rings. The third-order valence-electron chi connectivity index (χ3n) is 5.07. The number of carbonyl (C=O) groups is 1. The van der Waals surface area contributed by atoms with Crippen LogP contribution in [0.2, 0.25) is 5.02 Å². The maximum atomic E-state index is 15.3. The summed E-state index contributed by atoms with van der Waals surface area (Å²) in [6, 6.07) is 7.26. The first kappa shape index (κ1) is 19.3. The summed E-state index contributed by atoms with van der Waals surface area (Å²) in [5.41, 5.74) is 0.0901. The monoisotopic (exact) mass is 418 g/mol. The number of nitrogens with zero attached hydrogens (tertiary/aromatic N) is 3. The molecule has 0 unspecified atom stereocenters. The number of amides is 1. The maximum absolute atomic E-state index is 15.3. The molecule has 0 spiro atoms. The standard InChI is InChI=1S/C20H17ClF2N4O2/c21-14-9-13-18(17(23)16(14)12-3-1-2-4-15(12)22)24-10-25-19(13)27-7-5-11(6-8-27)26-20(28)29/h1-4,9-11,26H,5-8H2,(H,28,29). The average Bonchev–Trinajstić information content (AvgIpc) is 2.69. The number of aromatic nitrogens is 2. The quantitative estimate of drug-likeness (QED) is 0.656. The van der Waals surface area contributed by atoms with Gasteiger partial charge in [0.2, 0.25) is 0 Å². The van der Waals surface area contributed by atoms with Gasteiger partial charge in [-0.05, 0) is 25.0 Å². The number of fused-ring (bicyclic) bond motifs is 1. The zero-order valence-electron chi connectivity index (χ0n) is 15.2. The Hall–Kier alpha value is -3.00. The lowest BCUT2D eigenvalue weighted by molar-refractivity contribution is 0.187. The van der Waals surface area contributed by atoms with Gasteiger partial charge in [-0.2, -0.15) is 0 Å². The maximum Gasteiger partial charge on any atom is 0.404 e. The molecule has 2 N–H and O–H groups in total. The molecule has 0 aliphatic carbocycles. The van der Waals surface area contributed by atoms with Gasteiger partial charge in [0.1, 0.15) is 23.5 Å². The molecule has 6 nitrogen and oxygen atoms in total. The Kier molecular flexibility index (Phi) is 5.19. The van der Waals surface area contributed by atoms with Crippen LogP contribution in [0, 0.1) is 11.6 Å². The lowest BCUT2D eigenvalue weighted by Gasteiger charge is -2.33. The SMILES string of the molecule is O=C(O)NC1CCN(c2ncnc3c(F)c(-c4ccccc4F)c(Cl)cc23)CC1. The molecular formula is C20H17ClF2N4O2. The molecule has 1 saturated heterocycles. The van der Waals surface area contributed by atoms with Crippen molar-refractivity contribution in [1.29, 1.82) is 0 Å². The van der Waals surface area contributed by atoms with E-state index in [0.29, 0.717) is 37.1 Å². The molecule has 2 aromatic carbocycles. The van der Waals surface area contributed by atoms with Crippen LogP contribution in [0.4, 0.5) is 19.4 Å². The third-order valence-corrected chi connectivity index (χ3v) is 5.36. The molecule has 0 bridgehead atoms. The van der Waals surface area contributed by atoms with Gasteiger partial charge < -0.3 is 15.3 Å². The van der Waals surface area contributed by atoms with Crippen LogP contribution < -0.4 is 10.2 Å². The van der Waals surface area contributed by atoms with E-state index in [2.05, 4.69) is 15.3 Å². The molecule has 1 aliphatic rings. The third kappa shape index (κ3) is 3.67. The van der Waals surface area contributed by atoms with Crippen molar-refractivity contribution in [3.8, 4) is 11.1 Å². The van der Waals surface area contributed by atoms with E-state index in [0.717, 1.165) is 0 Å². The molecule has 2 heterocycles. The number of piperidine rings is 1. The Labute approximate surface area is 170 Å². The zero-order valence-corrected chi connectivity index (χ0v) is 16.0. The van der Waals surface area contributed by atoms with E-state index in [-0.39, 0.29) is 27.7 Å². The largest absolute Gasteiger partial charge is 0.465 e. The lowest BCUT2D eigenvalue weighted by atomic mass is 10.0. The zero-order chi connectivity index (χ0) is 20.5. The second kappa shape index (κ2) is 7.79. The normalized spacial score (nSPS) is 14.9. The average molecular weight is 419 g/mol. The predicted octanol–water partition coefficient (Wildman–Crippen LogP) is 4.46. The van der Waals surface area contributed by atoms with Crippen molar-refractivity contribution in [2.24, 2.45) is 0 Å². The van der Waals surface area contributed by atoms with Crippen molar-refractivity contribution in [1.82, 2.24) is 15.3 Å². The predicted molar refractivity (Wildman–Crippen MR) is 106 cm³/mol. The van der Waals surface area contributed by atoms with Gasteiger partial charge in [-0.3, -0.25) is 0 Å². The van der Waals surface area contributed by atoms with Crippen molar-refractivity contribution in [2.45, 2.75) is 18.9 Å². The highest BCUT2D eigenvalue weighted by Crippen LogP contribution is 2.38. The van der Waals surface area contributed by atoms with E-state index >= 15 is 4.39 Å². The number of hydrogen-bond acceptors (Lipinski definition) is 4. The summed E-state index contributed by atoms with van der Waals surface area (Å²) in [6.07, 6.45) is 1.41. The molecule has 29 heavy (non-hydrogen) atoms. The summed E-state index contributed by atoms with van der Waals surface area (Å²) in [7, 11) is 0. The molecule has 150 valence electrons. The molecule has 0 atom stereocenters. The van der Waals surface area contributed by atoms with Crippen molar-refractivity contribution < 1.29 is 18.7 Å². The first-order valence-electron chi connectivity index (χ1n) is 9.07. The lowest BCUT2D eigenvalue weighted by Crippen LogP contribution is -2.44. The van der Waals surface area contributed by atoms with Crippen LogP contribution in [0.5, 0.6) is 0 Å². The fraction of sp³-hybridized carbons (Fsp3) is 0.250. The first-order chi connectivity index (χ1) is 14.0. The van der Waals surface area contributed by atoms with E-state index in [1.54, 1.807) is 12.1 Å². The molecular weight excluding hydrogens is 402 g/mol. The number of halogens is 3.